The summed E-state index contributed by atoms with van der Waals surface area (Å²) in [4.78, 5) is 46.5. The summed E-state index contributed by atoms with van der Waals surface area (Å²) in [6, 6.07) is 8.47. The Labute approximate surface area is 219 Å². The molecule has 0 radical (unpaired) electrons. The molecule has 200 valence electrons. The Hall–Kier alpha value is -3.46. The molecule has 3 amide bonds. The predicted molar refractivity (Wildman–Crippen MR) is 142 cm³/mol. The molecule has 2 heterocycles. The summed E-state index contributed by atoms with van der Waals surface area (Å²) in [7, 11) is 3.35. The van der Waals surface area contributed by atoms with E-state index >= 15 is 0 Å². The van der Waals surface area contributed by atoms with Gasteiger partial charge in [-0.1, -0.05) is 19.9 Å². The average molecular weight is 511 g/mol. The molecule has 0 spiro atoms. The molecule has 1 aromatic carbocycles. The predicted octanol–water partition coefficient (Wildman–Crippen LogP) is 3.40. The highest BCUT2D eigenvalue weighted by atomic mass is 16.5. The van der Waals surface area contributed by atoms with Crippen molar-refractivity contribution in [3.63, 3.8) is 0 Å². The van der Waals surface area contributed by atoms with E-state index < -0.39 is 0 Å². The first-order chi connectivity index (χ1) is 17.7. The number of hydrogen-bond acceptors (Lipinski definition) is 6. The molecule has 0 aliphatic carbocycles. The fourth-order valence-corrected chi connectivity index (χ4v) is 4.43. The van der Waals surface area contributed by atoms with E-state index in [2.05, 4.69) is 10.3 Å². The molecule has 0 fully saturated rings. The number of amides is 3. The third kappa shape index (κ3) is 7.52. The summed E-state index contributed by atoms with van der Waals surface area (Å²) in [6.45, 7) is 6.87. The lowest BCUT2D eigenvalue weighted by atomic mass is 10.0. The second-order valence-corrected chi connectivity index (χ2v) is 9.69. The first-order valence-electron chi connectivity index (χ1n) is 12.8. The molecule has 9 nitrogen and oxygen atoms in total. The number of carbonyl (C=O) groups is 3. The van der Waals surface area contributed by atoms with Gasteiger partial charge in [-0.3, -0.25) is 19.4 Å². The fraction of sp³-hybridized carbons (Fsp3) is 0.500. The number of nitrogens with one attached hydrogen (secondary N) is 1. The van der Waals surface area contributed by atoms with E-state index in [1.54, 1.807) is 49.7 Å². The number of methoxy groups -OCH3 is 1. The first-order valence-corrected chi connectivity index (χ1v) is 12.8. The van der Waals surface area contributed by atoms with Crippen molar-refractivity contribution in [3.05, 3.63) is 53.9 Å². The van der Waals surface area contributed by atoms with E-state index in [0.29, 0.717) is 36.5 Å². The third-order valence-corrected chi connectivity index (χ3v) is 6.61. The molecule has 37 heavy (non-hydrogen) atoms. The molecule has 1 aromatic heterocycles. The summed E-state index contributed by atoms with van der Waals surface area (Å²) >= 11 is 0. The Bertz CT molecular complexity index is 1080. The van der Waals surface area contributed by atoms with Crippen LogP contribution in [0.15, 0.2) is 42.7 Å². The number of anilines is 1. The summed E-state index contributed by atoms with van der Waals surface area (Å²) < 4.78 is 11.9. The zero-order valence-corrected chi connectivity index (χ0v) is 22.4. The van der Waals surface area contributed by atoms with Gasteiger partial charge >= 0.3 is 0 Å². The van der Waals surface area contributed by atoms with Crippen LogP contribution in [0, 0.1) is 5.92 Å². The molecule has 1 N–H and O–H groups in total. The average Bonchev–Trinajstić information content (AvgIpc) is 2.88. The molecule has 3 rings (SSSR count). The fourth-order valence-electron chi connectivity index (χ4n) is 4.43. The van der Waals surface area contributed by atoms with Crippen LogP contribution in [0.2, 0.25) is 0 Å². The van der Waals surface area contributed by atoms with Crippen molar-refractivity contribution in [2.24, 2.45) is 5.92 Å². The van der Waals surface area contributed by atoms with Crippen molar-refractivity contribution in [1.29, 1.82) is 0 Å². The van der Waals surface area contributed by atoms with Crippen LogP contribution in [0.4, 0.5) is 5.69 Å². The number of rotatable bonds is 6. The summed E-state index contributed by atoms with van der Waals surface area (Å²) in [5, 5.41) is 2.86. The minimum absolute atomic E-state index is 0.0319. The summed E-state index contributed by atoms with van der Waals surface area (Å²) in [5.41, 5.74) is 1.78. The second kappa shape index (κ2) is 13.2. The first kappa shape index (κ1) is 28.1. The molecule has 1 aliphatic heterocycles. The van der Waals surface area contributed by atoms with Crippen molar-refractivity contribution in [2.45, 2.75) is 52.2 Å². The molecule has 0 saturated carbocycles. The number of pyridine rings is 1. The van der Waals surface area contributed by atoms with Gasteiger partial charge in [0, 0.05) is 63.7 Å². The van der Waals surface area contributed by atoms with Gasteiger partial charge in [-0.25, -0.2) is 0 Å². The zero-order chi connectivity index (χ0) is 26.9. The van der Waals surface area contributed by atoms with Crippen LogP contribution in [-0.2, 0) is 20.7 Å². The highest BCUT2D eigenvalue weighted by Crippen LogP contribution is 2.27. The molecule has 2 aromatic rings. The molecular formula is C28H38N4O5. The van der Waals surface area contributed by atoms with Crippen LogP contribution < -0.4 is 10.1 Å². The monoisotopic (exact) mass is 510 g/mol. The Balaban J connectivity index is 1.93. The zero-order valence-electron chi connectivity index (χ0n) is 22.4. The molecular weight excluding hydrogens is 472 g/mol. The highest BCUT2D eigenvalue weighted by Gasteiger charge is 2.30. The number of benzene rings is 1. The Kier molecular flexibility index (Phi) is 10.0. The highest BCUT2D eigenvalue weighted by molar-refractivity contribution is 5.98. The largest absolute Gasteiger partial charge is 0.491 e. The normalized spacial score (nSPS) is 20.8. The number of likely N-dealkylation sites (N-methyl/N-ethyl adjacent to an activating group) is 1. The van der Waals surface area contributed by atoms with E-state index in [4.69, 9.17) is 9.47 Å². The van der Waals surface area contributed by atoms with Gasteiger partial charge in [0.2, 0.25) is 11.8 Å². The summed E-state index contributed by atoms with van der Waals surface area (Å²) in [5.74, 6) is -0.00567. The third-order valence-electron chi connectivity index (χ3n) is 6.61. The van der Waals surface area contributed by atoms with Gasteiger partial charge < -0.3 is 24.6 Å². The molecule has 0 saturated heterocycles. The van der Waals surface area contributed by atoms with E-state index in [9.17, 15) is 14.4 Å². The van der Waals surface area contributed by atoms with E-state index in [1.807, 2.05) is 37.8 Å². The number of ether oxygens (including phenoxy) is 2. The lowest BCUT2D eigenvalue weighted by Crippen LogP contribution is -2.49. The number of hydrogen-bond donors (Lipinski definition) is 1. The minimum atomic E-state index is -0.275. The van der Waals surface area contributed by atoms with Gasteiger partial charge in [0.05, 0.1) is 24.1 Å². The molecule has 0 unspecified atom stereocenters. The van der Waals surface area contributed by atoms with Gasteiger partial charge in [0.25, 0.3) is 5.91 Å². The lowest BCUT2D eigenvalue weighted by Gasteiger charge is -2.36. The Morgan fingerprint density at radius 3 is 2.68 bits per heavy atom. The molecule has 1 aliphatic rings. The number of carbonyl (C=O) groups excluding carboxylic acids is 3. The summed E-state index contributed by atoms with van der Waals surface area (Å²) in [6.07, 6.45) is 4.47. The second-order valence-electron chi connectivity index (χ2n) is 9.69. The number of nitrogens with zero attached hydrogens (tertiary/aromatic N) is 3. The maximum absolute atomic E-state index is 13.4. The van der Waals surface area contributed by atoms with Gasteiger partial charge in [0.15, 0.2) is 0 Å². The minimum Gasteiger partial charge on any atom is -0.491 e. The van der Waals surface area contributed by atoms with E-state index in [0.717, 1.165) is 12.0 Å². The SMILES string of the molecule is CCCC(=O)Nc1ccc2c(c1)OC[C@@H](C)N(C(=O)Cc1cccnc1)C[C@@H](C)[C@H](OC)CN(C)C2=O. The smallest absolute Gasteiger partial charge is 0.257 e. The van der Waals surface area contributed by atoms with Crippen LogP contribution in [0.3, 0.4) is 0 Å². The van der Waals surface area contributed by atoms with Crippen molar-refractivity contribution in [2.75, 3.05) is 39.2 Å². The Morgan fingerprint density at radius 1 is 1.22 bits per heavy atom. The molecule has 9 heteroatoms. The van der Waals surface area contributed by atoms with Crippen LogP contribution in [0.1, 0.15) is 49.5 Å². The number of fused-ring (bicyclic) bond motifs is 1. The van der Waals surface area contributed by atoms with Gasteiger partial charge in [0.1, 0.15) is 12.4 Å². The molecule has 3 atom stereocenters. The van der Waals surface area contributed by atoms with Crippen molar-refractivity contribution in [1.82, 2.24) is 14.8 Å². The van der Waals surface area contributed by atoms with Crippen LogP contribution in [0.5, 0.6) is 5.75 Å². The Morgan fingerprint density at radius 2 is 2.00 bits per heavy atom. The van der Waals surface area contributed by atoms with Gasteiger partial charge in [-0.05, 0) is 37.1 Å². The van der Waals surface area contributed by atoms with E-state index in [-0.39, 0.29) is 48.8 Å². The van der Waals surface area contributed by atoms with Crippen molar-refractivity contribution in [3.8, 4) is 5.75 Å². The van der Waals surface area contributed by atoms with Crippen LogP contribution >= 0.6 is 0 Å². The lowest BCUT2D eigenvalue weighted by molar-refractivity contribution is -0.134. The maximum atomic E-state index is 13.4. The van der Waals surface area contributed by atoms with Gasteiger partial charge in [-0.15, -0.1) is 0 Å². The topological polar surface area (TPSA) is 101 Å². The van der Waals surface area contributed by atoms with Crippen molar-refractivity contribution >= 4 is 23.4 Å². The standard InChI is InChI=1S/C28H38N4O5/c1-6-8-26(33)30-22-10-11-23-24(14-22)37-18-20(3)32(27(34)13-21-9-7-12-29-15-21)16-19(2)25(36-5)17-31(4)28(23)35/h7,9-12,14-15,19-20,25H,6,8,13,16-18H2,1-5H3,(H,30,33)/t19-,20-,25-/m1/s1. The van der Waals surface area contributed by atoms with Crippen LogP contribution in [0.25, 0.3) is 0 Å². The maximum Gasteiger partial charge on any atom is 0.257 e. The quantitative estimate of drug-likeness (QED) is 0.639. The van der Waals surface area contributed by atoms with Gasteiger partial charge in [-0.2, -0.15) is 0 Å². The van der Waals surface area contributed by atoms with Crippen LogP contribution in [-0.4, -0.2) is 78.5 Å². The van der Waals surface area contributed by atoms with E-state index in [1.165, 1.54) is 0 Å². The van der Waals surface area contributed by atoms with Crippen molar-refractivity contribution < 1.29 is 23.9 Å². The number of aromatic nitrogens is 1. The molecule has 0 bridgehead atoms.